The predicted molar refractivity (Wildman–Crippen MR) is 73.3 cm³/mol. The third kappa shape index (κ3) is 4.11. The average Bonchev–Trinajstić information content (AvgIpc) is 2.35. The van der Waals surface area contributed by atoms with E-state index in [1.165, 1.54) is 6.20 Å². The highest BCUT2D eigenvalue weighted by Crippen LogP contribution is 2.28. The predicted octanol–water partition coefficient (Wildman–Crippen LogP) is 2.69. The number of aromatic nitrogens is 1. The monoisotopic (exact) mass is 281 g/mol. The Kier molecular flexibility index (Phi) is 5.58. The van der Waals surface area contributed by atoms with Gasteiger partial charge in [0.05, 0.1) is 5.56 Å². The molecule has 0 aromatic carbocycles. The Morgan fingerprint density at radius 1 is 1.63 bits per heavy atom. The van der Waals surface area contributed by atoms with E-state index in [-0.39, 0.29) is 12.5 Å². The molecular weight excluding hydrogens is 266 g/mol. The lowest BCUT2D eigenvalue weighted by molar-refractivity contribution is -0.137. The first-order valence-corrected chi connectivity index (χ1v) is 6.38. The van der Waals surface area contributed by atoms with Crippen molar-refractivity contribution < 1.29 is 9.90 Å². The first kappa shape index (κ1) is 15.3. The molecule has 1 aromatic rings. The van der Waals surface area contributed by atoms with Crippen molar-refractivity contribution >= 4 is 23.4 Å². The number of nitrogens with zero attached hydrogens (tertiary/aromatic N) is 3. The summed E-state index contributed by atoms with van der Waals surface area (Å²) in [5.74, 6) is -0.297. The first-order chi connectivity index (χ1) is 8.97. The Bertz CT molecular complexity index is 497. The lowest BCUT2D eigenvalue weighted by Gasteiger charge is -2.28. The van der Waals surface area contributed by atoms with Gasteiger partial charge in [-0.3, -0.25) is 4.79 Å². The molecule has 0 bridgehead atoms. The molecule has 0 saturated carbocycles. The second-order valence-corrected chi connectivity index (χ2v) is 4.77. The molecule has 1 heterocycles. The zero-order chi connectivity index (χ0) is 14.4. The van der Waals surface area contributed by atoms with E-state index < -0.39 is 5.97 Å². The fourth-order valence-electron chi connectivity index (χ4n) is 1.73. The molecule has 0 aliphatic rings. The van der Waals surface area contributed by atoms with E-state index in [4.69, 9.17) is 22.0 Å². The van der Waals surface area contributed by atoms with Crippen LogP contribution in [-0.2, 0) is 4.79 Å². The zero-order valence-corrected chi connectivity index (χ0v) is 11.7. The Morgan fingerprint density at radius 3 is 2.84 bits per heavy atom. The van der Waals surface area contributed by atoms with E-state index >= 15 is 0 Å². The molecule has 0 unspecified atom stereocenters. The quantitative estimate of drug-likeness (QED) is 0.867. The van der Waals surface area contributed by atoms with Crippen LogP contribution in [0.15, 0.2) is 12.3 Å². The van der Waals surface area contributed by atoms with E-state index in [2.05, 4.69) is 4.98 Å². The second kappa shape index (κ2) is 6.95. The second-order valence-electron chi connectivity index (χ2n) is 4.39. The standard InChI is InChI=1S/C13H16ClN3O2/c1-9(2)17(7-3-4-11(18)19)13-12(14)10(8-15)5-6-16-13/h5-6,9H,3-4,7H2,1-2H3,(H,18,19). The number of carbonyl (C=O) groups is 1. The molecule has 6 heteroatoms. The van der Waals surface area contributed by atoms with E-state index in [0.29, 0.717) is 29.4 Å². The van der Waals surface area contributed by atoms with Crippen molar-refractivity contribution in [3.05, 3.63) is 22.8 Å². The van der Waals surface area contributed by atoms with Crippen LogP contribution < -0.4 is 4.90 Å². The van der Waals surface area contributed by atoms with Crippen LogP contribution in [0.3, 0.4) is 0 Å². The molecule has 0 spiro atoms. The molecule has 1 N–H and O–H groups in total. The van der Waals surface area contributed by atoms with Gasteiger partial charge in [0, 0.05) is 25.2 Å². The van der Waals surface area contributed by atoms with Crippen molar-refractivity contribution in [2.75, 3.05) is 11.4 Å². The summed E-state index contributed by atoms with van der Waals surface area (Å²) in [6, 6.07) is 3.69. The maximum absolute atomic E-state index is 10.6. The van der Waals surface area contributed by atoms with Crippen LogP contribution in [0.5, 0.6) is 0 Å². The van der Waals surface area contributed by atoms with Crippen molar-refractivity contribution in [1.29, 1.82) is 5.26 Å². The van der Waals surface area contributed by atoms with Gasteiger partial charge in [-0.05, 0) is 26.3 Å². The maximum atomic E-state index is 10.6. The van der Waals surface area contributed by atoms with E-state index in [9.17, 15) is 4.79 Å². The summed E-state index contributed by atoms with van der Waals surface area (Å²) in [6.07, 6.45) is 2.13. The number of halogens is 1. The summed E-state index contributed by atoms with van der Waals surface area (Å²) in [5.41, 5.74) is 0.371. The summed E-state index contributed by atoms with van der Waals surface area (Å²) < 4.78 is 0. The van der Waals surface area contributed by atoms with Crippen molar-refractivity contribution in [2.24, 2.45) is 0 Å². The maximum Gasteiger partial charge on any atom is 0.303 e. The Balaban J connectivity index is 2.94. The molecule has 0 amide bonds. The fraction of sp³-hybridized carbons (Fsp3) is 0.462. The van der Waals surface area contributed by atoms with Crippen LogP contribution in [0.1, 0.15) is 32.3 Å². The van der Waals surface area contributed by atoms with Crippen LogP contribution in [0.4, 0.5) is 5.82 Å². The fourth-order valence-corrected chi connectivity index (χ4v) is 1.99. The van der Waals surface area contributed by atoms with Gasteiger partial charge in [0.25, 0.3) is 0 Å². The Morgan fingerprint density at radius 2 is 2.32 bits per heavy atom. The molecule has 1 aromatic heterocycles. The summed E-state index contributed by atoms with van der Waals surface area (Å²) in [6.45, 7) is 4.47. The van der Waals surface area contributed by atoms with Gasteiger partial charge < -0.3 is 10.0 Å². The normalized spacial score (nSPS) is 10.3. The molecule has 19 heavy (non-hydrogen) atoms. The number of rotatable bonds is 6. The number of nitriles is 1. The molecule has 0 fully saturated rings. The van der Waals surface area contributed by atoms with Gasteiger partial charge in [-0.25, -0.2) is 4.98 Å². The molecule has 0 atom stereocenters. The summed E-state index contributed by atoms with van der Waals surface area (Å²) in [5, 5.41) is 17.9. The lowest BCUT2D eigenvalue weighted by Crippen LogP contribution is -2.33. The van der Waals surface area contributed by atoms with Crippen molar-refractivity contribution in [1.82, 2.24) is 4.98 Å². The molecule has 0 saturated heterocycles. The van der Waals surface area contributed by atoms with Gasteiger partial charge in [0.15, 0.2) is 0 Å². The van der Waals surface area contributed by atoms with Crippen molar-refractivity contribution in [3.8, 4) is 6.07 Å². The van der Waals surface area contributed by atoms with Gasteiger partial charge in [-0.2, -0.15) is 5.26 Å². The molecular formula is C13H16ClN3O2. The number of pyridine rings is 1. The van der Waals surface area contributed by atoms with E-state index in [0.717, 1.165) is 0 Å². The third-order valence-corrected chi connectivity index (χ3v) is 3.05. The average molecular weight is 282 g/mol. The van der Waals surface area contributed by atoms with Gasteiger partial charge >= 0.3 is 5.97 Å². The summed E-state index contributed by atoms with van der Waals surface area (Å²) in [7, 11) is 0. The van der Waals surface area contributed by atoms with Gasteiger partial charge in [-0.1, -0.05) is 11.6 Å². The van der Waals surface area contributed by atoms with Gasteiger partial charge in [0.2, 0.25) is 0 Å². The highest BCUT2D eigenvalue weighted by atomic mass is 35.5. The molecule has 1 rings (SSSR count). The summed E-state index contributed by atoms with van der Waals surface area (Å²) in [4.78, 5) is 16.7. The SMILES string of the molecule is CC(C)N(CCCC(=O)O)c1nccc(C#N)c1Cl. The molecule has 0 aliphatic carbocycles. The van der Waals surface area contributed by atoms with Crippen LogP contribution in [0.2, 0.25) is 5.02 Å². The summed E-state index contributed by atoms with van der Waals surface area (Å²) >= 11 is 6.15. The van der Waals surface area contributed by atoms with Crippen LogP contribution in [0.25, 0.3) is 0 Å². The number of hydrogen-bond acceptors (Lipinski definition) is 4. The van der Waals surface area contributed by atoms with Gasteiger partial charge in [0.1, 0.15) is 16.9 Å². The Hall–Kier alpha value is -1.80. The highest BCUT2D eigenvalue weighted by molar-refractivity contribution is 6.34. The number of anilines is 1. The van der Waals surface area contributed by atoms with E-state index in [1.807, 2.05) is 24.8 Å². The minimum Gasteiger partial charge on any atom is -0.481 e. The van der Waals surface area contributed by atoms with Crippen LogP contribution >= 0.6 is 11.6 Å². The molecule has 0 radical (unpaired) electrons. The zero-order valence-electron chi connectivity index (χ0n) is 10.9. The number of hydrogen-bond donors (Lipinski definition) is 1. The topological polar surface area (TPSA) is 77.2 Å². The number of aliphatic carboxylic acids is 1. The largest absolute Gasteiger partial charge is 0.481 e. The van der Waals surface area contributed by atoms with Gasteiger partial charge in [-0.15, -0.1) is 0 Å². The van der Waals surface area contributed by atoms with Crippen molar-refractivity contribution in [2.45, 2.75) is 32.7 Å². The number of carboxylic acid groups (broad SMARTS) is 1. The minimum absolute atomic E-state index is 0.0960. The highest BCUT2D eigenvalue weighted by Gasteiger charge is 2.17. The first-order valence-electron chi connectivity index (χ1n) is 6.00. The molecule has 102 valence electrons. The molecule has 5 nitrogen and oxygen atoms in total. The lowest BCUT2D eigenvalue weighted by atomic mass is 10.2. The smallest absolute Gasteiger partial charge is 0.303 e. The third-order valence-electron chi connectivity index (χ3n) is 2.68. The number of carboxylic acids is 1. The molecule has 0 aliphatic heterocycles. The van der Waals surface area contributed by atoms with Crippen molar-refractivity contribution in [3.63, 3.8) is 0 Å². The van der Waals surface area contributed by atoms with Crippen LogP contribution in [-0.4, -0.2) is 28.6 Å². The van der Waals surface area contributed by atoms with E-state index in [1.54, 1.807) is 6.07 Å². The Labute approximate surface area is 117 Å². The van der Waals surface area contributed by atoms with Crippen LogP contribution in [0, 0.1) is 11.3 Å². The minimum atomic E-state index is -0.825.